The van der Waals surface area contributed by atoms with Crippen molar-refractivity contribution in [2.45, 2.75) is 20.8 Å². The maximum absolute atomic E-state index is 12.1. The Morgan fingerprint density at radius 1 is 1.25 bits per heavy atom. The van der Waals surface area contributed by atoms with Crippen molar-refractivity contribution in [2.75, 3.05) is 0 Å². The zero-order valence-corrected chi connectivity index (χ0v) is 10.3. The SMILES string of the molecule is Cc1ccc(C(=O)c2sc(C)nc2C)cn1. The van der Waals surface area contributed by atoms with Gasteiger partial charge in [0.25, 0.3) is 0 Å². The largest absolute Gasteiger partial charge is 0.288 e. The van der Waals surface area contributed by atoms with E-state index in [4.69, 9.17) is 0 Å². The summed E-state index contributed by atoms with van der Waals surface area (Å²) in [5, 5.41) is 0.918. The van der Waals surface area contributed by atoms with Gasteiger partial charge in [0.15, 0.2) is 0 Å². The molecule has 3 nitrogen and oxygen atoms in total. The monoisotopic (exact) mass is 232 g/mol. The van der Waals surface area contributed by atoms with Gasteiger partial charge >= 0.3 is 0 Å². The molecule has 0 spiro atoms. The maximum atomic E-state index is 12.1. The third-order valence-corrected chi connectivity index (χ3v) is 3.35. The van der Waals surface area contributed by atoms with Gasteiger partial charge in [0.05, 0.1) is 15.6 Å². The number of hydrogen-bond donors (Lipinski definition) is 0. The first-order chi connectivity index (χ1) is 7.58. The minimum Gasteiger partial charge on any atom is -0.288 e. The van der Waals surface area contributed by atoms with Gasteiger partial charge in [-0.1, -0.05) is 0 Å². The fourth-order valence-electron chi connectivity index (χ4n) is 1.48. The average molecular weight is 232 g/mol. The lowest BCUT2D eigenvalue weighted by Gasteiger charge is -1.98. The lowest BCUT2D eigenvalue weighted by Crippen LogP contribution is -2.01. The number of aromatic nitrogens is 2. The fraction of sp³-hybridized carbons (Fsp3) is 0.250. The summed E-state index contributed by atoms with van der Waals surface area (Å²) in [6, 6.07) is 3.65. The highest BCUT2D eigenvalue weighted by Gasteiger charge is 2.15. The molecule has 2 rings (SSSR count). The van der Waals surface area contributed by atoms with E-state index in [1.54, 1.807) is 12.3 Å². The first-order valence-corrected chi connectivity index (χ1v) is 5.81. The fourth-order valence-corrected chi connectivity index (χ4v) is 2.36. The van der Waals surface area contributed by atoms with Gasteiger partial charge in [0, 0.05) is 17.5 Å². The number of thiazole rings is 1. The second kappa shape index (κ2) is 4.14. The van der Waals surface area contributed by atoms with Crippen molar-refractivity contribution in [3.63, 3.8) is 0 Å². The summed E-state index contributed by atoms with van der Waals surface area (Å²) >= 11 is 1.43. The molecule has 0 bridgehead atoms. The van der Waals surface area contributed by atoms with Gasteiger partial charge in [0.2, 0.25) is 5.78 Å². The Bertz CT molecular complexity index is 528. The summed E-state index contributed by atoms with van der Waals surface area (Å²) in [5.74, 6) is 0.00981. The Hall–Kier alpha value is -1.55. The number of hydrogen-bond acceptors (Lipinski definition) is 4. The van der Waals surface area contributed by atoms with E-state index < -0.39 is 0 Å². The normalized spacial score (nSPS) is 10.4. The van der Waals surface area contributed by atoms with E-state index in [1.165, 1.54) is 11.3 Å². The minimum absolute atomic E-state index is 0.00981. The number of carbonyl (C=O) groups excluding carboxylic acids is 1. The van der Waals surface area contributed by atoms with Crippen molar-refractivity contribution >= 4 is 17.1 Å². The zero-order valence-electron chi connectivity index (χ0n) is 9.44. The van der Waals surface area contributed by atoms with Gasteiger partial charge in [-0.2, -0.15) is 0 Å². The Kier molecular flexibility index (Phi) is 2.83. The summed E-state index contributed by atoms with van der Waals surface area (Å²) in [5.41, 5.74) is 2.33. The number of nitrogens with zero attached hydrogens (tertiary/aromatic N) is 2. The molecule has 0 saturated carbocycles. The van der Waals surface area contributed by atoms with Gasteiger partial charge in [-0.3, -0.25) is 9.78 Å². The molecule has 0 radical (unpaired) electrons. The van der Waals surface area contributed by atoms with Crippen LogP contribution in [0.4, 0.5) is 0 Å². The predicted molar refractivity (Wildman–Crippen MR) is 64.0 cm³/mol. The molecule has 0 amide bonds. The molecule has 2 aromatic heterocycles. The molecule has 0 fully saturated rings. The van der Waals surface area contributed by atoms with Gasteiger partial charge in [0.1, 0.15) is 0 Å². The van der Waals surface area contributed by atoms with Crippen LogP contribution in [0.25, 0.3) is 0 Å². The highest BCUT2D eigenvalue weighted by Crippen LogP contribution is 2.20. The molecule has 4 heteroatoms. The quantitative estimate of drug-likeness (QED) is 0.748. The first kappa shape index (κ1) is 11.0. The van der Waals surface area contributed by atoms with Crippen molar-refractivity contribution in [1.82, 2.24) is 9.97 Å². The van der Waals surface area contributed by atoms with Crippen LogP contribution < -0.4 is 0 Å². The van der Waals surface area contributed by atoms with Gasteiger partial charge in [-0.25, -0.2) is 4.98 Å². The molecule has 0 aliphatic heterocycles. The zero-order chi connectivity index (χ0) is 11.7. The summed E-state index contributed by atoms with van der Waals surface area (Å²) in [4.78, 5) is 21.2. The Morgan fingerprint density at radius 2 is 2.00 bits per heavy atom. The second-order valence-corrected chi connectivity index (χ2v) is 4.87. The molecule has 0 atom stereocenters. The smallest absolute Gasteiger partial charge is 0.206 e. The average Bonchev–Trinajstić information content (AvgIpc) is 2.58. The van der Waals surface area contributed by atoms with Crippen LogP contribution in [0.5, 0.6) is 0 Å². The van der Waals surface area contributed by atoms with Gasteiger partial charge in [-0.15, -0.1) is 11.3 Å². The summed E-state index contributed by atoms with van der Waals surface area (Å²) in [7, 11) is 0. The lowest BCUT2D eigenvalue weighted by molar-refractivity contribution is 0.104. The van der Waals surface area contributed by atoms with Crippen LogP contribution in [-0.2, 0) is 0 Å². The van der Waals surface area contributed by atoms with E-state index >= 15 is 0 Å². The third kappa shape index (κ3) is 2.02. The molecule has 0 saturated heterocycles. The van der Waals surface area contributed by atoms with Gasteiger partial charge in [-0.05, 0) is 32.9 Å². The number of aryl methyl sites for hydroxylation is 3. The van der Waals surface area contributed by atoms with Crippen molar-refractivity contribution < 1.29 is 4.79 Å². The van der Waals surface area contributed by atoms with Crippen molar-refractivity contribution in [3.05, 3.63) is 45.2 Å². The molecular formula is C12H12N2OS. The van der Waals surface area contributed by atoms with Crippen LogP contribution in [0.15, 0.2) is 18.3 Å². The van der Waals surface area contributed by atoms with E-state index in [-0.39, 0.29) is 5.78 Å². The molecule has 16 heavy (non-hydrogen) atoms. The highest BCUT2D eigenvalue weighted by molar-refractivity contribution is 7.14. The number of pyridine rings is 1. The minimum atomic E-state index is 0.00981. The van der Waals surface area contributed by atoms with E-state index in [1.807, 2.05) is 26.8 Å². The van der Waals surface area contributed by atoms with Crippen LogP contribution in [0.2, 0.25) is 0 Å². The van der Waals surface area contributed by atoms with E-state index in [0.717, 1.165) is 16.4 Å². The predicted octanol–water partition coefficient (Wildman–Crippen LogP) is 2.69. The van der Waals surface area contributed by atoms with Gasteiger partial charge < -0.3 is 0 Å². The topological polar surface area (TPSA) is 42.9 Å². The Morgan fingerprint density at radius 3 is 2.50 bits per heavy atom. The number of rotatable bonds is 2. The second-order valence-electron chi connectivity index (χ2n) is 3.66. The highest BCUT2D eigenvalue weighted by atomic mass is 32.1. The molecule has 82 valence electrons. The van der Waals surface area contributed by atoms with Crippen molar-refractivity contribution in [3.8, 4) is 0 Å². The molecule has 2 aromatic rings. The first-order valence-electron chi connectivity index (χ1n) is 4.99. The van der Waals surface area contributed by atoms with Crippen LogP contribution in [0.3, 0.4) is 0 Å². The summed E-state index contributed by atoms with van der Waals surface area (Å²) in [6.45, 7) is 5.66. The lowest BCUT2D eigenvalue weighted by atomic mass is 10.1. The van der Waals surface area contributed by atoms with Crippen LogP contribution in [0.1, 0.15) is 31.6 Å². The number of ketones is 1. The van der Waals surface area contributed by atoms with E-state index in [9.17, 15) is 4.79 Å². The standard InChI is InChI=1S/C12H12N2OS/c1-7-4-5-10(6-13-7)11(15)12-8(2)14-9(3)16-12/h4-6H,1-3H3. The molecule has 2 heterocycles. The van der Waals surface area contributed by atoms with E-state index in [2.05, 4.69) is 9.97 Å². The molecular weight excluding hydrogens is 220 g/mol. The summed E-state index contributed by atoms with van der Waals surface area (Å²) in [6.07, 6.45) is 1.62. The van der Waals surface area contributed by atoms with Crippen molar-refractivity contribution in [1.29, 1.82) is 0 Å². The molecule has 0 aliphatic rings. The molecule has 0 aliphatic carbocycles. The number of carbonyl (C=O) groups is 1. The molecule has 0 aromatic carbocycles. The molecule has 0 N–H and O–H groups in total. The Balaban J connectivity index is 2.39. The third-order valence-electron chi connectivity index (χ3n) is 2.28. The summed E-state index contributed by atoms with van der Waals surface area (Å²) < 4.78 is 0. The van der Waals surface area contributed by atoms with Crippen LogP contribution in [0, 0.1) is 20.8 Å². The molecule has 0 unspecified atom stereocenters. The van der Waals surface area contributed by atoms with E-state index in [0.29, 0.717) is 10.4 Å². The van der Waals surface area contributed by atoms with Crippen LogP contribution >= 0.6 is 11.3 Å². The van der Waals surface area contributed by atoms with Crippen molar-refractivity contribution in [2.24, 2.45) is 0 Å². The van der Waals surface area contributed by atoms with Crippen LogP contribution in [-0.4, -0.2) is 15.8 Å². The maximum Gasteiger partial charge on any atom is 0.206 e. The Labute approximate surface area is 98.2 Å².